The highest BCUT2D eigenvalue weighted by atomic mass is 16.6. The minimum absolute atomic E-state index is 0.00705. The molecule has 0 amide bonds. The van der Waals surface area contributed by atoms with Crippen molar-refractivity contribution in [2.45, 2.75) is 91.3 Å². The predicted molar refractivity (Wildman–Crippen MR) is 99.7 cm³/mol. The molecule has 0 aliphatic carbocycles. The van der Waals surface area contributed by atoms with E-state index in [1.165, 1.54) is 0 Å². The van der Waals surface area contributed by atoms with E-state index in [0.29, 0.717) is 6.61 Å². The maximum atomic E-state index is 11.5. The van der Waals surface area contributed by atoms with Crippen LogP contribution in [0, 0.1) is 16.7 Å². The number of rotatable bonds is 12. The maximum Gasteiger partial charge on any atom is 0.312 e. The third-order valence-electron chi connectivity index (χ3n) is 6.23. The van der Waals surface area contributed by atoms with Crippen molar-refractivity contribution in [2.75, 3.05) is 13.2 Å². The first-order valence-electron chi connectivity index (χ1n) is 10.1. The normalized spacial score (nSPS) is 24.7. The van der Waals surface area contributed by atoms with Gasteiger partial charge in [0.05, 0.1) is 12.0 Å². The minimum Gasteiger partial charge on any atom is -0.464 e. The summed E-state index contributed by atoms with van der Waals surface area (Å²) in [7, 11) is 0. The molecule has 26 heavy (non-hydrogen) atoms. The molecule has 2 saturated heterocycles. The summed E-state index contributed by atoms with van der Waals surface area (Å²) in [5.41, 5.74) is -0.110. The molecule has 3 unspecified atom stereocenters. The second-order valence-electron chi connectivity index (χ2n) is 9.46. The number of carbonyl (C=O) groups excluding carboxylic acids is 2. The molecule has 2 rings (SSSR count). The average molecular weight is 369 g/mol. The van der Waals surface area contributed by atoms with Gasteiger partial charge in [-0.05, 0) is 36.5 Å². The molecule has 2 fully saturated rings. The largest absolute Gasteiger partial charge is 0.464 e. The van der Waals surface area contributed by atoms with Gasteiger partial charge in [-0.2, -0.15) is 0 Å². The molecular formula is C21H36O5. The van der Waals surface area contributed by atoms with Gasteiger partial charge in [-0.1, -0.05) is 53.4 Å². The zero-order chi connectivity index (χ0) is 19.4. The number of esters is 1. The van der Waals surface area contributed by atoms with Crippen LogP contribution in [-0.4, -0.2) is 42.3 Å². The van der Waals surface area contributed by atoms with Gasteiger partial charge in [0.1, 0.15) is 19.3 Å². The van der Waals surface area contributed by atoms with E-state index >= 15 is 0 Å². The van der Waals surface area contributed by atoms with Crippen LogP contribution >= 0.6 is 0 Å². The van der Waals surface area contributed by atoms with Crippen LogP contribution in [0.2, 0.25) is 0 Å². The molecule has 2 aliphatic rings. The molecule has 0 aromatic rings. The van der Waals surface area contributed by atoms with Gasteiger partial charge in [0.2, 0.25) is 0 Å². The molecule has 0 aromatic carbocycles. The van der Waals surface area contributed by atoms with Crippen LogP contribution in [-0.2, 0) is 19.1 Å². The van der Waals surface area contributed by atoms with Crippen LogP contribution in [0.3, 0.4) is 0 Å². The zero-order valence-corrected chi connectivity index (χ0v) is 16.9. The molecule has 2 heterocycles. The minimum atomic E-state index is -0.253. The highest BCUT2D eigenvalue weighted by Crippen LogP contribution is 2.38. The fourth-order valence-electron chi connectivity index (χ4n) is 4.05. The number of cyclic esters (lactones) is 1. The van der Waals surface area contributed by atoms with Crippen LogP contribution in [0.1, 0.15) is 79.1 Å². The number of hydrogen-bond acceptors (Lipinski definition) is 5. The summed E-state index contributed by atoms with van der Waals surface area (Å²) in [6.45, 7) is 9.27. The van der Waals surface area contributed by atoms with Gasteiger partial charge in [0, 0.05) is 0 Å². The van der Waals surface area contributed by atoms with E-state index in [1.54, 1.807) is 0 Å². The molecule has 0 saturated carbocycles. The SMILES string of the molecule is CC(C)(CCCCC(O)CCCCC(C)(C)C1OCC1=O)C1COC1=O. The molecular weight excluding hydrogens is 332 g/mol. The Bertz CT molecular complexity index is 453. The highest BCUT2D eigenvalue weighted by molar-refractivity contribution is 5.89. The lowest BCUT2D eigenvalue weighted by Gasteiger charge is -2.38. The number of Topliss-reactive ketones (excluding diaryl/α,β-unsaturated/α-hetero) is 1. The monoisotopic (exact) mass is 368 g/mol. The number of ketones is 1. The Balaban J connectivity index is 1.52. The topological polar surface area (TPSA) is 72.8 Å². The molecule has 5 heteroatoms. The fraction of sp³-hybridized carbons (Fsp3) is 0.905. The molecule has 150 valence electrons. The van der Waals surface area contributed by atoms with E-state index in [2.05, 4.69) is 27.7 Å². The van der Waals surface area contributed by atoms with Crippen molar-refractivity contribution in [2.24, 2.45) is 16.7 Å². The molecule has 0 bridgehead atoms. The molecule has 5 nitrogen and oxygen atoms in total. The highest BCUT2D eigenvalue weighted by Gasteiger charge is 2.43. The summed E-state index contributed by atoms with van der Waals surface area (Å²) in [6.07, 6.45) is 7.08. The second kappa shape index (κ2) is 8.83. The molecule has 0 spiro atoms. The van der Waals surface area contributed by atoms with Gasteiger partial charge in [0.15, 0.2) is 5.78 Å². The van der Waals surface area contributed by atoms with E-state index in [0.717, 1.165) is 51.4 Å². The first-order valence-corrected chi connectivity index (χ1v) is 10.1. The third kappa shape index (κ3) is 5.53. The molecule has 0 aromatic heterocycles. The second-order valence-corrected chi connectivity index (χ2v) is 9.46. The van der Waals surface area contributed by atoms with Gasteiger partial charge in [0.25, 0.3) is 0 Å². The van der Waals surface area contributed by atoms with Crippen molar-refractivity contribution >= 4 is 11.8 Å². The maximum absolute atomic E-state index is 11.5. The third-order valence-corrected chi connectivity index (χ3v) is 6.23. The molecule has 0 radical (unpaired) electrons. The first kappa shape index (κ1) is 21.4. The Morgan fingerprint density at radius 2 is 1.58 bits per heavy atom. The lowest BCUT2D eigenvalue weighted by Crippen LogP contribution is -2.50. The number of ether oxygens (including phenoxy) is 2. The number of aliphatic hydroxyl groups is 1. The number of hydrogen-bond donors (Lipinski definition) is 1. The standard InChI is InChI=1S/C21H36O5/c1-20(2,16-13-26-19(16)24)11-7-5-9-15(22)10-6-8-12-21(3,4)18-17(23)14-25-18/h15-16,18,22H,5-14H2,1-4H3. The number of unbranched alkanes of at least 4 members (excludes halogenated alkanes) is 2. The van der Waals surface area contributed by atoms with Crippen molar-refractivity contribution < 1.29 is 24.2 Å². The first-order chi connectivity index (χ1) is 12.1. The van der Waals surface area contributed by atoms with Gasteiger partial charge in [-0.15, -0.1) is 0 Å². The quantitative estimate of drug-likeness (QED) is 0.420. The lowest BCUT2D eigenvalue weighted by molar-refractivity contribution is -0.178. The molecule has 1 N–H and O–H groups in total. The van der Waals surface area contributed by atoms with Crippen molar-refractivity contribution in [3.8, 4) is 0 Å². The van der Waals surface area contributed by atoms with E-state index in [4.69, 9.17) is 9.47 Å². The van der Waals surface area contributed by atoms with Crippen LogP contribution in [0.5, 0.6) is 0 Å². The van der Waals surface area contributed by atoms with Crippen molar-refractivity contribution in [1.29, 1.82) is 0 Å². The summed E-state index contributed by atoms with van der Waals surface area (Å²) in [6, 6.07) is 0. The van der Waals surface area contributed by atoms with Gasteiger partial charge >= 0.3 is 5.97 Å². The average Bonchev–Trinajstić information content (AvgIpc) is 2.51. The Morgan fingerprint density at radius 1 is 1.00 bits per heavy atom. The smallest absolute Gasteiger partial charge is 0.312 e. The van der Waals surface area contributed by atoms with Gasteiger partial charge in [-0.25, -0.2) is 0 Å². The Kier molecular flexibility index (Phi) is 7.26. The summed E-state index contributed by atoms with van der Waals surface area (Å²) in [4.78, 5) is 23.0. The number of carbonyl (C=O) groups is 2. The zero-order valence-electron chi connectivity index (χ0n) is 16.9. The Labute approximate surface area is 157 Å². The van der Waals surface area contributed by atoms with Crippen molar-refractivity contribution in [3.63, 3.8) is 0 Å². The van der Waals surface area contributed by atoms with Crippen LogP contribution in [0.15, 0.2) is 0 Å². The Hall–Kier alpha value is -0.940. The summed E-state index contributed by atoms with van der Waals surface area (Å²) in [5.74, 6) is 0.197. The van der Waals surface area contributed by atoms with Crippen LogP contribution < -0.4 is 0 Å². The van der Waals surface area contributed by atoms with Crippen LogP contribution in [0.4, 0.5) is 0 Å². The predicted octanol–water partition coefficient (Wildman–Crippen LogP) is 3.66. The lowest BCUT2D eigenvalue weighted by atomic mass is 9.73. The van der Waals surface area contributed by atoms with Crippen LogP contribution in [0.25, 0.3) is 0 Å². The molecule has 2 aliphatic heterocycles. The molecule has 3 atom stereocenters. The van der Waals surface area contributed by atoms with Crippen molar-refractivity contribution in [3.05, 3.63) is 0 Å². The summed E-state index contributed by atoms with van der Waals surface area (Å²) in [5, 5.41) is 10.2. The van der Waals surface area contributed by atoms with Gasteiger partial charge < -0.3 is 14.6 Å². The Morgan fingerprint density at radius 3 is 1.96 bits per heavy atom. The summed E-state index contributed by atoms with van der Waals surface area (Å²) >= 11 is 0. The van der Waals surface area contributed by atoms with E-state index in [9.17, 15) is 14.7 Å². The fourth-order valence-corrected chi connectivity index (χ4v) is 4.05. The van der Waals surface area contributed by atoms with E-state index in [1.807, 2.05) is 0 Å². The van der Waals surface area contributed by atoms with Crippen molar-refractivity contribution in [1.82, 2.24) is 0 Å². The van der Waals surface area contributed by atoms with E-state index < -0.39 is 0 Å². The summed E-state index contributed by atoms with van der Waals surface area (Å²) < 4.78 is 10.3. The van der Waals surface area contributed by atoms with Gasteiger partial charge in [-0.3, -0.25) is 9.59 Å². The number of aliphatic hydroxyl groups excluding tert-OH is 1. The van der Waals surface area contributed by atoms with E-state index in [-0.39, 0.29) is 47.3 Å².